The molecule has 1 heterocycles. The van der Waals surface area contributed by atoms with Crippen LogP contribution in [0.3, 0.4) is 0 Å². The highest BCUT2D eigenvalue weighted by molar-refractivity contribution is 5.50. The first-order valence-corrected chi connectivity index (χ1v) is 6.15. The summed E-state index contributed by atoms with van der Waals surface area (Å²) in [5.41, 5.74) is 1.71. The van der Waals surface area contributed by atoms with Gasteiger partial charge in [-0.3, -0.25) is 4.98 Å². The van der Waals surface area contributed by atoms with E-state index < -0.39 is 6.10 Å². The van der Waals surface area contributed by atoms with Crippen molar-refractivity contribution in [3.8, 4) is 11.5 Å². The van der Waals surface area contributed by atoms with Crippen molar-refractivity contribution in [2.75, 3.05) is 19.0 Å². The van der Waals surface area contributed by atoms with Crippen molar-refractivity contribution >= 4 is 5.69 Å². The van der Waals surface area contributed by atoms with Gasteiger partial charge in [0.15, 0.2) is 0 Å². The third kappa shape index (κ3) is 3.45. The molecule has 2 aromatic rings. The van der Waals surface area contributed by atoms with Gasteiger partial charge in [-0.15, -0.1) is 0 Å². The molecule has 4 nitrogen and oxygen atoms in total. The van der Waals surface area contributed by atoms with Crippen LogP contribution in [0.4, 0.5) is 5.69 Å². The lowest BCUT2D eigenvalue weighted by Gasteiger charge is -2.14. The van der Waals surface area contributed by atoms with E-state index in [4.69, 9.17) is 4.74 Å². The highest BCUT2D eigenvalue weighted by atomic mass is 16.5. The minimum Gasteiger partial charge on any atom is -0.456 e. The molecule has 0 bridgehead atoms. The first-order chi connectivity index (χ1) is 9.06. The lowest BCUT2D eigenvalue weighted by molar-refractivity contribution is 0.194. The fourth-order valence-electron chi connectivity index (χ4n) is 1.66. The van der Waals surface area contributed by atoms with Crippen molar-refractivity contribution in [2.24, 2.45) is 0 Å². The topological polar surface area (TPSA) is 45.6 Å². The zero-order valence-electron chi connectivity index (χ0n) is 11.4. The molecule has 0 unspecified atom stereocenters. The third-order valence-corrected chi connectivity index (χ3v) is 2.76. The number of hydrogen-bond donors (Lipinski definition) is 1. The molecule has 100 valence electrons. The van der Waals surface area contributed by atoms with Gasteiger partial charge in [0, 0.05) is 25.8 Å². The lowest BCUT2D eigenvalue weighted by atomic mass is 10.2. The number of rotatable bonds is 4. The number of pyridine rings is 1. The molecule has 1 aromatic carbocycles. The van der Waals surface area contributed by atoms with Gasteiger partial charge in [-0.25, -0.2) is 0 Å². The average molecular weight is 258 g/mol. The quantitative estimate of drug-likeness (QED) is 0.915. The summed E-state index contributed by atoms with van der Waals surface area (Å²) in [7, 11) is 3.97. The standard InChI is InChI=1S/C15H18N2O2/c1-11(18)15-8-7-14(10-16-15)19-13-6-4-5-12(9-13)17(2)3/h4-11,18H,1-3H3/t11-/m1/s1. The van der Waals surface area contributed by atoms with Gasteiger partial charge in [-0.05, 0) is 31.2 Å². The van der Waals surface area contributed by atoms with E-state index in [-0.39, 0.29) is 0 Å². The molecular weight excluding hydrogens is 240 g/mol. The summed E-state index contributed by atoms with van der Waals surface area (Å²) in [4.78, 5) is 6.16. The van der Waals surface area contributed by atoms with Gasteiger partial charge in [-0.2, -0.15) is 0 Å². The summed E-state index contributed by atoms with van der Waals surface area (Å²) >= 11 is 0. The van der Waals surface area contributed by atoms with Crippen LogP contribution in [0.25, 0.3) is 0 Å². The van der Waals surface area contributed by atoms with Crippen LogP contribution in [-0.4, -0.2) is 24.2 Å². The molecule has 0 radical (unpaired) electrons. The van der Waals surface area contributed by atoms with Crippen LogP contribution < -0.4 is 9.64 Å². The van der Waals surface area contributed by atoms with Gasteiger partial charge in [-0.1, -0.05) is 6.07 Å². The fourth-order valence-corrected chi connectivity index (χ4v) is 1.66. The summed E-state index contributed by atoms with van der Waals surface area (Å²) < 4.78 is 5.73. The first kappa shape index (κ1) is 13.4. The maximum Gasteiger partial charge on any atom is 0.145 e. The molecule has 19 heavy (non-hydrogen) atoms. The minimum absolute atomic E-state index is 0.564. The van der Waals surface area contributed by atoms with E-state index in [1.807, 2.05) is 43.3 Å². The van der Waals surface area contributed by atoms with Crippen molar-refractivity contribution in [1.29, 1.82) is 0 Å². The number of hydrogen-bond acceptors (Lipinski definition) is 4. The van der Waals surface area contributed by atoms with E-state index in [1.54, 1.807) is 25.3 Å². The summed E-state index contributed by atoms with van der Waals surface area (Å²) in [5, 5.41) is 9.39. The Hall–Kier alpha value is -2.07. The van der Waals surface area contributed by atoms with Gasteiger partial charge in [0.2, 0.25) is 0 Å². The Morgan fingerprint density at radius 2 is 1.95 bits per heavy atom. The molecule has 1 atom stereocenters. The zero-order chi connectivity index (χ0) is 13.8. The Morgan fingerprint density at radius 1 is 1.16 bits per heavy atom. The molecule has 2 rings (SSSR count). The smallest absolute Gasteiger partial charge is 0.145 e. The number of anilines is 1. The number of benzene rings is 1. The number of nitrogens with zero attached hydrogens (tertiary/aromatic N) is 2. The zero-order valence-corrected chi connectivity index (χ0v) is 11.4. The maximum absolute atomic E-state index is 9.39. The maximum atomic E-state index is 9.39. The summed E-state index contributed by atoms with van der Waals surface area (Å²) in [6, 6.07) is 11.4. The van der Waals surface area contributed by atoms with Crippen molar-refractivity contribution in [1.82, 2.24) is 4.98 Å². The highest BCUT2D eigenvalue weighted by Gasteiger charge is 2.04. The molecule has 0 aliphatic carbocycles. The second-order valence-electron chi connectivity index (χ2n) is 4.59. The van der Waals surface area contributed by atoms with Crippen LogP contribution in [0.1, 0.15) is 18.7 Å². The predicted octanol–water partition coefficient (Wildman–Crippen LogP) is 2.99. The molecule has 1 N–H and O–H groups in total. The summed E-state index contributed by atoms with van der Waals surface area (Å²) in [5.74, 6) is 1.41. The molecule has 0 aliphatic heterocycles. The molecule has 0 saturated heterocycles. The number of aliphatic hydroxyl groups is 1. The Bertz CT molecular complexity index is 536. The normalized spacial score (nSPS) is 12.0. The van der Waals surface area contributed by atoms with Crippen molar-refractivity contribution in [3.05, 3.63) is 48.3 Å². The molecule has 1 aromatic heterocycles. The van der Waals surface area contributed by atoms with E-state index >= 15 is 0 Å². The molecular formula is C15H18N2O2. The van der Waals surface area contributed by atoms with Gasteiger partial charge >= 0.3 is 0 Å². The fraction of sp³-hybridized carbons (Fsp3) is 0.267. The Morgan fingerprint density at radius 3 is 2.53 bits per heavy atom. The van der Waals surface area contributed by atoms with Crippen molar-refractivity contribution < 1.29 is 9.84 Å². The van der Waals surface area contributed by atoms with Gasteiger partial charge < -0.3 is 14.7 Å². The van der Waals surface area contributed by atoms with Crippen LogP contribution in [0.2, 0.25) is 0 Å². The molecule has 0 saturated carbocycles. The van der Waals surface area contributed by atoms with Crippen molar-refractivity contribution in [3.63, 3.8) is 0 Å². The van der Waals surface area contributed by atoms with Crippen LogP contribution in [-0.2, 0) is 0 Å². The van der Waals surface area contributed by atoms with Crippen LogP contribution in [0, 0.1) is 0 Å². The molecule has 0 amide bonds. The largest absolute Gasteiger partial charge is 0.456 e. The molecule has 0 fully saturated rings. The van der Waals surface area contributed by atoms with Crippen LogP contribution >= 0.6 is 0 Å². The van der Waals surface area contributed by atoms with E-state index in [9.17, 15) is 5.11 Å². The second-order valence-corrected chi connectivity index (χ2v) is 4.59. The van der Waals surface area contributed by atoms with Crippen LogP contribution in [0.5, 0.6) is 11.5 Å². The predicted molar refractivity (Wildman–Crippen MR) is 75.7 cm³/mol. The van der Waals surface area contributed by atoms with Crippen molar-refractivity contribution in [2.45, 2.75) is 13.0 Å². The van der Waals surface area contributed by atoms with Gasteiger partial charge in [0.1, 0.15) is 11.5 Å². The Labute approximate surface area is 113 Å². The Kier molecular flexibility index (Phi) is 4.02. The van der Waals surface area contributed by atoms with E-state index in [1.165, 1.54) is 0 Å². The average Bonchev–Trinajstić information content (AvgIpc) is 2.39. The molecule has 0 aliphatic rings. The Balaban J connectivity index is 2.14. The van der Waals surface area contributed by atoms with Gasteiger partial charge in [0.05, 0.1) is 18.0 Å². The number of aromatic nitrogens is 1. The molecule has 0 spiro atoms. The SMILES string of the molecule is C[C@@H](O)c1ccc(Oc2cccc(N(C)C)c2)cn1. The summed E-state index contributed by atoms with van der Waals surface area (Å²) in [6.07, 6.45) is 1.05. The van der Waals surface area contributed by atoms with Gasteiger partial charge in [0.25, 0.3) is 0 Å². The summed E-state index contributed by atoms with van der Waals surface area (Å²) in [6.45, 7) is 1.68. The van der Waals surface area contributed by atoms with E-state index in [0.29, 0.717) is 11.4 Å². The second kappa shape index (κ2) is 5.71. The number of ether oxygens (including phenoxy) is 1. The van der Waals surface area contributed by atoms with Crippen LogP contribution in [0.15, 0.2) is 42.6 Å². The number of aliphatic hydroxyl groups excluding tert-OH is 1. The minimum atomic E-state index is -0.564. The first-order valence-electron chi connectivity index (χ1n) is 6.15. The van der Waals surface area contributed by atoms with E-state index in [2.05, 4.69) is 4.98 Å². The monoisotopic (exact) mass is 258 g/mol. The highest BCUT2D eigenvalue weighted by Crippen LogP contribution is 2.25. The third-order valence-electron chi connectivity index (χ3n) is 2.76. The molecule has 4 heteroatoms. The lowest BCUT2D eigenvalue weighted by Crippen LogP contribution is -2.08. The van der Waals surface area contributed by atoms with E-state index in [0.717, 1.165) is 11.4 Å².